The van der Waals surface area contributed by atoms with E-state index in [2.05, 4.69) is 10.2 Å². The summed E-state index contributed by atoms with van der Waals surface area (Å²) in [5.41, 5.74) is 1.22. The maximum Gasteiger partial charge on any atom is 0.342 e. The third-order valence-electron chi connectivity index (χ3n) is 3.70. The van der Waals surface area contributed by atoms with Crippen molar-refractivity contribution in [3.8, 4) is 23.0 Å². The molecule has 3 aromatic rings. The normalized spacial score (nSPS) is 11.3. The van der Waals surface area contributed by atoms with Gasteiger partial charge in [-0.15, -0.1) is 10.2 Å². The number of benzene rings is 2. The molecule has 0 fully saturated rings. The molecule has 3 rings (SSSR count). The summed E-state index contributed by atoms with van der Waals surface area (Å²) in [5.74, 6) is 0.297. The Morgan fingerprint density at radius 1 is 1.24 bits per heavy atom. The summed E-state index contributed by atoms with van der Waals surface area (Å²) in [5, 5.41) is 18.0. The van der Waals surface area contributed by atoms with E-state index in [0.717, 1.165) is 11.8 Å². The van der Waals surface area contributed by atoms with Crippen LogP contribution in [0.15, 0.2) is 57.0 Å². The second-order valence-corrected chi connectivity index (χ2v) is 7.07. The van der Waals surface area contributed by atoms with Crippen molar-refractivity contribution < 1.29 is 23.8 Å². The molecule has 0 saturated carbocycles. The first kappa shape index (κ1) is 20.8. The highest BCUT2D eigenvalue weighted by atomic mass is 35.5. The maximum atomic E-state index is 11.7. The van der Waals surface area contributed by atoms with Crippen molar-refractivity contribution in [1.82, 2.24) is 10.2 Å². The second kappa shape index (κ2) is 9.49. The molecular formula is C20H17ClN2O5S. The van der Waals surface area contributed by atoms with Gasteiger partial charge >= 0.3 is 5.97 Å². The summed E-state index contributed by atoms with van der Waals surface area (Å²) >= 11 is 6.89. The highest BCUT2D eigenvalue weighted by Gasteiger charge is 2.18. The number of methoxy groups -OCH3 is 1. The van der Waals surface area contributed by atoms with Crippen LogP contribution in [-0.4, -0.2) is 35.0 Å². The van der Waals surface area contributed by atoms with Crippen LogP contribution in [0, 0.1) is 0 Å². The average Bonchev–Trinajstić information content (AvgIpc) is 3.17. The minimum absolute atomic E-state index is 0.0300. The second-order valence-electron chi connectivity index (χ2n) is 5.64. The van der Waals surface area contributed by atoms with Crippen molar-refractivity contribution in [3.05, 3.63) is 58.0 Å². The fourth-order valence-electron chi connectivity index (χ4n) is 2.41. The maximum absolute atomic E-state index is 11.7. The van der Waals surface area contributed by atoms with E-state index in [4.69, 9.17) is 25.5 Å². The molecule has 0 atom stereocenters. The lowest BCUT2D eigenvalue weighted by molar-refractivity contribution is -0.131. The minimum atomic E-state index is -1.11. The molecular weight excluding hydrogens is 416 g/mol. The molecule has 0 saturated heterocycles. The topological polar surface area (TPSA) is 94.7 Å². The third-order valence-corrected chi connectivity index (χ3v) is 4.78. The van der Waals surface area contributed by atoms with Crippen molar-refractivity contribution in [2.75, 3.05) is 13.7 Å². The van der Waals surface area contributed by atoms with Gasteiger partial charge in [0.2, 0.25) is 0 Å². The number of carboxylic acid groups (broad SMARTS) is 1. The highest BCUT2D eigenvalue weighted by Crippen LogP contribution is 2.35. The molecule has 2 aromatic carbocycles. The summed E-state index contributed by atoms with van der Waals surface area (Å²) in [6.45, 7) is 2.45. The zero-order chi connectivity index (χ0) is 20.8. The minimum Gasteiger partial charge on any atom is -0.496 e. The zero-order valence-electron chi connectivity index (χ0n) is 15.6. The standard InChI is InChI=1S/C20H17ClN2O5S/c1-3-27-14-7-4-12(5-8-14)10-17(19(24)25)29-20-23-22-18(28-20)15-11-13(21)6-9-16(15)26-2/h4-11H,3H2,1-2H3,(H,24,25)/b17-10-. The number of halogens is 1. The van der Waals surface area contributed by atoms with Crippen molar-refractivity contribution in [2.24, 2.45) is 0 Å². The number of hydrogen-bond acceptors (Lipinski definition) is 7. The first-order chi connectivity index (χ1) is 14.0. The van der Waals surface area contributed by atoms with Crippen LogP contribution in [-0.2, 0) is 4.79 Å². The van der Waals surface area contributed by atoms with Crippen molar-refractivity contribution in [1.29, 1.82) is 0 Å². The third kappa shape index (κ3) is 5.30. The number of hydrogen-bond donors (Lipinski definition) is 1. The molecule has 0 aliphatic carbocycles. The van der Waals surface area contributed by atoms with Crippen molar-refractivity contribution in [3.63, 3.8) is 0 Å². The van der Waals surface area contributed by atoms with Crippen LogP contribution in [0.2, 0.25) is 5.02 Å². The van der Waals surface area contributed by atoms with E-state index < -0.39 is 5.97 Å². The lowest BCUT2D eigenvalue weighted by atomic mass is 10.2. The van der Waals surface area contributed by atoms with Gasteiger partial charge < -0.3 is 19.0 Å². The summed E-state index contributed by atoms with van der Waals surface area (Å²) in [6.07, 6.45) is 1.52. The molecule has 0 aliphatic heterocycles. The summed E-state index contributed by atoms with van der Waals surface area (Å²) in [6, 6.07) is 12.1. The molecule has 150 valence electrons. The molecule has 29 heavy (non-hydrogen) atoms. The van der Waals surface area contributed by atoms with Gasteiger partial charge in [-0.25, -0.2) is 4.79 Å². The van der Waals surface area contributed by atoms with Crippen molar-refractivity contribution in [2.45, 2.75) is 12.1 Å². The van der Waals surface area contributed by atoms with Gasteiger partial charge in [0.25, 0.3) is 11.1 Å². The lowest BCUT2D eigenvalue weighted by Gasteiger charge is -2.05. The number of rotatable bonds is 8. The fraction of sp³-hybridized carbons (Fsp3) is 0.150. The molecule has 0 aliphatic rings. The Balaban J connectivity index is 1.84. The van der Waals surface area contributed by atoms with E-state index in [0.29, 0.717) is 34.3 Å². The molecule has 1 N–H and O–H groups in total. The smallest absolute Gasteiger partial charge is 0.342 e. The van der Waals surface area contributed by atoms with Gasteiger partial charge in [-0.05, 0) is 60.7 Å². The number of nitrogens with zero attached hydrogens (tertiary/aromatic N) is 2. The molecule has 1 aromatic heterocycles. The van der Waals surface area contributed by atoms with Crippen LogP contribution >= 0.6 is 23.4 Å². The molecule has 0 amide bonds. The average molecular weight is 433 g/mol. The summed E-state index contributed by atoms with van der Waals surface area (Å²) in [7, 11) is 1.51. The number of carbonyl (C=O) groups is 1. The van der Waals surface area contributed by atoms with Gasteiger partial charge in [-0.3, -0.25) is 0 Å². The first-order valence-electron chi connectivity index (χ1n) is 8.53. The van der Waals surface area contributed by atoms with Gasteiger partial charge in [-0.2, -0.15) is 0 Å². The SMILES string of the molecule is CCOc1ccc(/C=C(\Sc2nnc(-c3cc(Cl)ccc3OC)o2)C(=O)O)cc1. The Labute approximate surface area is 176 Å². The molecule has 0 radical (unpaired) electrons. The molecule has 0 spiro atoms. The zero-order valence-corrected chi connectivity index (χ0v) is 17.2. The van der Waals surface area contributed by atoms with Gasteiger partial charge in [0.1, 0.15) is 16.4 Å². The van der Waals surface area contributed by atoms with Gasteiger partial charge in [0.15, 0.2) is 0 Å². The number of thioether (sulfide) groups is 1. The molecule has 0 unspecified atom stereocenters. The molecule has 0 bridgehead atoms. The molecule has 7 nitrogen and oxygen atoms in total. The quantitative estimate of drug-likeness (QED) is 0.392. The van der Waals surface area contributed by atoms with Crippen LogP contribution in [0.4, 0.5) is 0 Å². The Bertz CT molecular complexity index is 1030. The predicted molar refractivity (Wildman–Crippen MR) is 110 cm³/mol. The predicted octanol–water partition coefficient (Wildman–Crippen LogP) is 5.02. The lowest BCUT2D eigenvalue weighted by Crippen LogP contribution is -1.97. The Hall–Kier alpha value is -2.97. The van der Waals surface area contributed by atoms with Crippen molar-refractivity contribution >= 4 is 35.4 Å². The largest absolute Gasteiger partial charge is 0.496 e. The van der Waals surface area contributed by atoms with Gasteiger partial charge in [0.05, 0.1) is 19.3 Å². The van der Waals surface area contributed by atoms with E-state index in [1.807, 2.05) is 6.92 Å². The van der Waals surface area contributed by atoms with Gasteiger partial charge in [0, 0.05) is 5.02 Å². The first-order valence-corrected chi connectivity index (χ1v) is 9.72. The van der Waals surface area contributed by atoms with E-state index in [1.165, 1.54) is 13.2 Å². The Morgan fingerprint density at radius 2 is 2.00 bits per heavy atom. The van der Waals surface area contributed by atoms with Crippen LogP contribution in [0.1, 0.15) is 12.5 Å². The Morgan fingerprint density at radius 3 is 2.66 bits per heavy atom. The van der Waals surface area contributed by atoms with Crippen LogP contribution in [0.5, 0.6) is 11.5 Å². The monoisotopic (exact) mass is 432 g/mol. The van der Waals surface area contributed by atoms with Crippen LogP contribution < -0.4 is 9.47 Å². The molecule has 1 heterocycles. The molecule has 9 heteroatoms. The number of aromatic nitrogens is 2. The van der Waals surface area contributed by atoms with E-state index >= 15 is 0 Å². The van der Waals surface area contributed by atoms with Crippen LogP contribution in [0.3, 0.4) is 0 Å². The number of carboxylic acids is 1. The fourth-order valence-corrected chi connectivity index (χ4v) is 3.26. The van der Waals surface area contributed by atoms with Gasteiger partial charge in [-0.1, -0.05) is 23.7 Å². The highest BCUT2D eigenvalue weighted by molar-refractivity contribution is 8.03. The number of ether oxygens (including phenoxy) is 2. The van der Waals surface area contributed by atoms with E-state index in [1.54, 1.807) is 42.5 Å². The van der Waals surface area contributed by atoms with E-state index in [9.17, 15) is 9.90 Å². The van der Waals surface area contributed by atoms with Crippen LogP contribution in [0.25, 0.3) is 17.5 Å². The summed E-state index contributed by atoms with van der Waals surface area (Å²) < 4.78 is 16.3. The summed E-state index contributed by atoms with van der Waals surface area (Å²) in [4.78, 5) is 11.7. The number of aliphatic carboxylic acids is 1. The van der Waals surface area contributed by atoms with E-state index in [-0.39, 0.29) is 16.0 Å². The Kier molecular flexibility index (Phi) is 6.79.